The van der Waals surface area contributed by atoms with E-state index in [-0.39, 0.29) is 23.8 Å². The Morgan fingerprint density at radius 3 is 2.61 bits per heavy atom. The van der Waals surface area contributed by atoms with Gasteiger partial charge in [0.1, 0.15) is 12.1 Å². The van der Waals surface area contributed by atoms with E-state index in [9.17, 15) is 14.4 Å². The molecule has 2 atom stereocenters. The summed E-state index contributed by atoms with van der Waals surface area (Å²) in [6.07, 6.45) is 6.68. The van der Waals surface area contributed by atoms with Crippen molar-refractivity contribution in [2.45, 2.75) is 63.1 Å². The summed E-state index contributed by atoms with van der Waals surface area (Å²) in [5.41, 5.74) is 0. The molecule has 7 heteroatoms. The van der Waals surface area contributed by atoms with E-state index in [2.05, 4.69) is 5.32 Å². The molecule has 0 aromatic rings. The number of likely N-dealkylation sites (N-methyl/N-ethyl adjacent to an activating group) is 1. The smallest absolute Gasteiger partial charge is 0.246 e. The molecule has 3 amide bonds. The topological polar surface area (TPSA) is 69.7 Å². The molecular formula is C16H25N3O3S. The monoisotopic (exact) mass is 339 g/mol. The van der Waals surface area contributed by atoms with Gasteiger partial charge in [-0.05, 0) is 19.3 Å². The molecule has 2 saturated heterocycles. The van der Waals surface area contributed by atoms with Gasteiger partial charge in [0.15, 0.2) is 0 Å². The summed E-state index contributed by atoms with van der Waals surface area (Å²) < 4.78 is 0. The fraction of sp³-hybridized carbons (Fsp3) is 0.812. The lowest BCUT2D eigenvalue weighted by Crippen LogP contribution is -2.54. The van der Waals surface area contributed by atoms with E-state index in [1.807, 2.05) is 11.9 Å². The van der Waals surface area contributed by atoms with Gasteiger partial charge in [0, 0.05) is 25.3 Å². The second-order valence-electron chi connectivity index (χ2n) is 6.72. The van der Waals surface area contributed by atoms with Crippen molar-refractivity contribution in [3.8, 4) is 0 Å². The lowest BCUT2D eigenvalue weighted by atomic mass is 9.94. The Morgan fingerprint density at radius 1 is 1.22 bits per heavy atom. The zero-order valence-corrected chi connectivity index (χ0v) is 14.4. The van der Waals surface area contributed by atoms with Gasteiger partial charge in [-0.3, -0.25) is 14.4 Å². The zero-order valence-electron chi connectivity index (χ0n) is 13.6. The van der Waals surface area contributed by atoms with Crippen LogP contribution in [-0.2, 0) is 14.4 Å². The maximum atomic E-state index is 12.9. The van der Waals surface area contributed by atoms with E-state index < -0.39 is 6.04 Å². The van der Waals surface area contributed by atoms with Gasteiger partial charge < -0.3 is 15.1 Å². The molecule has 128 valence electrons. The number of hydrogen-bond donors (Lipinski definition) is 1. The van der Waals surface area contributed by atoms with Crippen molar-refractivity contribution in [2.75, 3.05) is 18.7 Å². The first-order valence-electron chi connectivity index (χ1n) is 8.52. The van der Waals surface area contributed by atoms with E-state index in [0.29, 0.717) is 30.5 Å². The Kier molecular flexibility index (Phi) is 5.14. The number of thioether (sulfide) groups is 1. The largest absolute Gasteiger partial charge is 0.344 e. The van der Waals surface area contributed by atoms with Crippen LogP contribution in [0.5, 0.6) is 0 Å². The zero-order chi connectivity index (χ0) is 16.4. The molecule has 23 heavy (non-hydrogen) atoms. The number of carbonyl (C=O) groups excluding carboxylic acids is 3. The maximum Gasteiger partial charge on any atom is 0.246 e. The Labute approximate surface area is 141 Å². The van der Waals surface area contributed by atoms with Crippen molar-refractivity contribution in [3.05, 3.63) is 0 Å². The summed E-state index contributed by atoms with van der Waals surface area (Å²) >= 11 is 1.62. The van der Waals surface area contributed by atoms with E-state index in [1.165, 1.54) is 19.3 Å². The summed E-state index contributed by atoms with van der Waals surface area (Å²) in [6, 6.07) is -0.515. The predicted octanol–water partition coefficient (Wildman–Crippen LogP) is 0.958. The van der Waals surface area contributed by atoms with Gasteiger partial charge in [-0.2, -0.15) is 0 Å². The summed E-state index contributed by atoms with van der Waals surface area (Å²) in [5.74, 6) is 1.08. The third-order valence-corrected chi connectivity index (χ3v) is 6.23. The van der Waals surface area contributed by atoms with Crippen LogP contribution in [0.1, 0.15) is 44.9 Å². The minimum Gasteiger partial charge on any atom is -0.344 e. The van der Waals surface area contributed by atoms with Crippen LogP contribution < -0.4 is 5.32 Å². The molecule has 2 aliphatic heterocycles. The van der Waals surface area contributed by atoms with Gasteiger partial charge in [-0.25, -0.2) is 0 Å². The molecule has 3 fully saturated rings. The fourth-order valence-electron chi connectivity index (χ4n) is 3.75. The van der Waals surface area contributed by atoms with Crippen LogP contribution in [0.25, 0.3) is 0 Å². The highest BCUT2D eigenvalue weighted by Gasteiger charge is 2.41. The van der Waals surface area contributed by atoms with Crippen LogP contribution in [-0.4, -0.2) is 64.3 Å². The van der Waals surface area contributed by atoms with Crippen molar-refractivity contribution >= 4 is 29.5 Å². The van der Waals surface area contributed by atoms with Crippen LogP contribution in [0.3, 0.4) is 0 Å². The molecule has 1 aliphatic carbocycles. The minimum atomic E-state index is -0.448. The highest BCUT2D eigenvalue weighted by atomic mass is 32.2. The maximum absolute atomic E-state index is 12.9. The molecule has 2 heterocycles. The molecular weight excluding hydrogens is 314 g/mol. The molecule has 0 aromatic heterocycles. The van der Waals surface area contributed by atoms with Gasteiger partial charge in [0.25, 0.3) is 0 Å². The highest BCUT2D eigenvalue weighted by molar-refractivity contribution is 7.99. The SMILES string of the molecule is CN(C(=O)[C@@H]1CSCN1C(=O)[C@@H]1CCC(=O)N1)C1CCCCC1. The number of nitrogens with one attached hydrogen (secondary N) is 1. The van der Waals surface area contributed by atoms with Crippen molar-refractivity contribution in [2.24, 2.45) is 0 Å². The molecule has 1 N–H and O–H groups in total. The van der Waals surface area contributed by atoms with Crippen LogP contribution in [0.4, 0.5) is 0 Å². The van der Waals surface area contributed by atoms with Gasteiger partial charge in [-0.1, -0.05) is 19.3 Å². The van der Waals surface area contributed by atoms with Crippen LogP contribution >= 0.6 is 11.8 Å². The van der Waals surface area contributed by atoms with Crippen LogP contribution in [0.2, 0.25) is 0 Å². The normalized spacial score (nSPS) is 28.7. The van der Waals surface area contributed by atoms with Gasteiger partial charge >= 0.3 is 0 Å². The van der Waals surface area contributed by atoms with Crippen molar-refractivity contribution in [1.29, 1.82) is 0 Å². The molecule has 1 saturated carbocycles. The number of rotatable bonds is 3. The summed E-state index contributed by atoms with van der Waals surface area (Å²) in [5, 5.41) is 2.72. The highest BCUT2D eigenvalue weighted by Crippen LogP contribution is 2.27. The molecule has 0 spiro atoms. The molecule has 3 rings (SSSR count). The van der Waals surface area contributed by atoms with E-state index in [1.54, 1.807) is 16.7 Å². The Balaban J connectivity index is 1.64. The first kappa shape index (κ1) is 16.6. The Morgan fingerprint density at radius 2 is 1.96 bits per heavy atom. The number of carbonyl (C=O) groups is 3. The molecule has 0 radical (unpaired) electrons. The molecule has 3 aliphatic rings. The molecule has 6 nitrogen and oxygen atoms in total. The van der Waals surface area contributed by atoms with Crippen LogP contribution in [0.15, 0.2) is 0 Å². The number of nitrogens with zero attached hydrogens (tertiary/aromatic N) is 2. The second kappa shape index (κ2) is 7.11. The average Bonchev–Trinajstić information content (AvgIpc) is 3.22. The van der Waals surface area contributed by atoms with E-state index >= 15 is 0 Å². The first-order valence-corrected chi connectivity index (χ1v) is 9.67. The van der Waals surface area contributed by atoms with Crippen LogP contribution in [0, 0.1) is 0 Å². The van der Waals surface area contributed by atoms with E-state index in [0.717, 1.165) is 12.8 Å². The van der Waals surface area contributed by atoms with Gasteiger partial charge in [0.2, 0.25) is 17.7 Å². The summed E-state index contributed by atoms with van der Waals surface area (Å²) in [4.78, 5) is 40.4. The second-order valence-corrected chi connectivity index (χ2v) is 7.72. The van der Waals surface area contributed by atoms with Crippen molar-refractivity contribution in [1.82, 2.24) is 15.1 Å². The van der Waals surface area contributed by atoms with Gasteiger partial charge in [-0.15, -0.1) is 11.8 Å². The van der Waals surface area contributed by atoms with Crippen molar-refractivity contribution in [3.63, 3.8) is 0 Å². The molecule has 0 aromatic carbocycles. The summed E-state index contributed by atoms with van der Waals surface area (Å²) in [7, 11) is 1.88. The van der Waals surface area contributed by atoms with E-state index in [4.69, 9.17) is 0 Å². The number of amides is 3. The standard InChI is InChI=1S/C16H25N3O3S/c1-18(11-5-3-2-4-6-11)16(22)13-9-23-10-19(13)15(21)12-7-8-14(20)17-12/h11-13H,2-10H2,1H3,(H,17,20)/t12-,13-/m0/s1. The Hall–Kier alpha value is -1.24. The third-order valence-electron chi connectivity index (χ3n) is 5.21. The average molecular weight is 339 g/mol. The predicted molar refractivity (Wildman–Crippen MR) is 88.8 cm³/mol. The quantitative estimate of drug-likeness (QED) is 0.831. The number of hydrogen-bond acceptors (Lipinski definition) is 4. The lowest BCUT2D eigenvalue weighted by molar-refractivity contribution is -0.145. The fourth-order valence-corrected chi connectivity index (χ4v) is 4.90. The summed E-state index contributed by atoms with van der Waals surface area (Å²) in [6.45, 7) is 0. The Bertz CT molecular complexity index is 493. The van der Waals surface area contributed by atoms with Crippen molar-refractivity contribution < 1.29 is 14.4 Å². The first-order chi connectivity index (χ1) is 11.1. The molecule has 0 unspecified atom stereocenters. The minimum absolute atomic E-state index is 0.0552. The molecule has 0 bridgehead atoms. The third kappa shape index (κ3) is 3.49. The lowest BCUT2D eigenvalue weighted by Gasteiger charge is -2.35. The van der Waals surface area contributed by atoms with Gasteiger partial charge in [0.05, 0.1) is 5.88 Å².